The Morgan fingerprint density at radius 2 is 1.95 bits per heavy atom. The van der Waals surface area contributed by atoms with Gasteiger partial charge in [-0.05, 0) is 24.3 Å². The Morgan fingerprint density at radius 3 is 2.68 bits per heavy atom. The predicted molar refractivity (Wildman–Crippen MR) is 148 cm³/mol. The minimum atomic E-state index is -0.894. The van der Waals surface area contributed by atoms with Crippen LogP contribution < -0.4 is 19.1 Å². The average molecular weight is 575 g/mol. The number of furan rings is 1. The normalized spacial score (nSPS) is 15.4. The van der Waals surface area contributed by atoms with Crippen molar-refractivity contribution in [1.29, 1.82) is 0 Å². The highest BCUT2D eigenvalue weighted by Crippen LogP contribution is 2.38. The van der Waals surface area contributed by atoms with Crippen LogP contribution in [0.3, 0.4) is 0 Å². The van der Waals surface area contributed by atoms with Gasteiger partial charge in [-0.25, -0.2) is 14.5 Å². The fourth-order valence-corrected chi connectivity index (χ4v) is 6.75. The van der Waals surface area contributed by atoms with Crippen LogP contribution in [0.15, 0.2) is 34.2 Å². The Hall–Kier alpha value is -3.04. The van der Waals surface area contributed by atoms with Gasteiger partial charge >= 0.3 is 0 Å². The smallest absolute Gasteiger partial charge is 0.294 e. The number of imidazole rings is 1. The van der Waals surface area contributed by atoms with Crippen LogP contribution in [0.1, 0.15) is 12.6 Å². The summed E-state index contributed by atoms with van der Waals surface area (Å²) < 4.78 is 38.8. The number of nitrogens with zero attached hydrogens (tertiary/aromatic N) is 6. The topological polar surface area (TPSA) is 113 Å². The lowest BCUT2D eigenvalue weighted by Gasteiger charge is -2.33. The summed E-state index contributed by atoms with van der Waals surface area (Å²) in [6.45, 7) is 5.42. The number of aromatic nitrogens is 4. The maximum absolute atomic E-state index is 12.1. The second kappa shape index (κ2) is 10.6. The third-order valence-corrected chi connectivity index (χ3v) is 9.49. The van der Waals surface area contributed by atoms with Gasteiger partial charge in [-0.15, -0.1) is 20.7 Å². The number of methoxy groups -OCH3 is 2. The molecule has 0 radical (unpaired) electrons. The summed E-state index contributed by atoms with van der Waals surface area (Å²) in [7, 11) is 3.19. The second-order valence-electron chi connectivity index (χ2n) is 8.51. The lowest BCUT2D eigenvalue weighted by atomic mass is 10.2. The molecule has 0 spiro atoms. The molecule has 1 saturated heterocycles. The Balaban J connectivity index is 1.19. The number of hydrogen-bond donors (Lipinski definition) is 0. The van der Waals surface area contributed by atoms with Gasteiger partial charge in [0, 0.05) is 42.0 Å². The fraction of sp³-hybridized carbons (Fsp3) is 0.375. The summed E-state index contributed by atoms with van der Waals surface area (Å²) in [6, 6.07) is 5.59. The quantitative estimate of drug-likeness (QED) is 0.239. The number of thiazole rings is 1. The van der Waals surface area contributed by atoms with Crippen LogP contribution in [0.5, 0.6) is 16.7 Å². The van der Waals surface area contributed by atoms with E-state index in [1.165, 1.54) is 11.3 Å². The zero-order valence-electron chi connectivity index (χ0n) is 21.1. The average Bonchev–Trinajstić information content (AvgIpc) is 3.73. The summed E-state index contributed by atoms with van der Waals surface area (Å²) >= 11 is 2.06. The molecule has 1 unspecified atom stereocenters. The van der Waals surface area contributed by atoms with Gasteiger partial charge in [0.25, 0.3) is 5.19 Å². The van der Waals surface area contributed by atoms with E-state index in [-0.39, 0.29) is 0 Å². The number of ether oxygens (including phenoxy) is 3. The van der Waals surface area contributed by atoms with Gasteiger partial charge in [0.1, 0.15) is 35.1 Å². The van der Waals surface area contributed by atoms with Gasteiger partial charge in [0.15, 0.2) is 10.9 Å². The lowest BCUT2D eigenvalue weighted by Crippen LogP contribution is -2.49. The monoisotopic (exact) mass is 574 g/mol. The van der Waals surface area contributed by atoms with Crippen molar-refractivity contribution in [3.8, 4) is 28.1 Å². The molecule has 0 bridgehead atoms. The maximum atomic E-state index is 12.1. The molecule has 11 nitrogen and oxygen atoms in total. The molecule has 5 aromatic rings. The van der Waals surface area contributed by atoms with Crippen LogP contribution in [-0.4, -0.2) is 74.6 Å². The minimum absolute atomic E-state index is 0.309. The van der Waals surface area contributed by atoms with E-state index in [0.717, 1.165) is 42.4 Å². The van der Waals surface area contributed by atoms with E-state index in [0.29, 0.717) is 51.1 Å². The van der Waals surface area contributed by atoms with Gasteiger partial charge in [-0.2, -0.15) is 0 Å². The number of anilines is 1. The van der Waals surface area contributed by atoms with Crippen molar-refractivity contribution in [1.82, 2.24) is 23.9 Å². The van der Waals surface area contributed by atoms with E-state index in [1.54, 1.807) is 36.3 Å². The van der Waals surface area contributed by atoms with Crippen LogP contribution in [0.2, 0.25) is 0 Å². The molecule has 200 valence electrons. The van der Waals surface area contributed by atoms with Gasteiger partial charge in [-0.3, -0.25) is 0 Å². The Morgan fingerprint density at radius 1 is 1.11 bits per heavy atom. The van der Waals surface area contributed by atoms with Crippen molar-refractivity contribution >= 4 is 55.1 Å². The third-order valence-electron chi connectivity index (χ3n) is 6.22. The zero-order valence-corrected chi connectivity index (χ0v) is 23.5. The van der Waals surface area contributed by atoms with Gasteiger partial charge in [0.05, 0.1) is 44.6 Å². The highest BCUT2D eigenvalue weighted by Gasteiger charge is 2.26. The molecule has 6 rings (SSSR count). The fourth-order valence-electron chi connectivity index (χ4n) is 4.25. The zero-order chi connectivity index (χ0) is 26.2. The molecule has 1 aromatic carbocycles. The van der Waals surface area contributed by atoms with Crippen molar-refractivity contribution in [3.63, 3.8) is 0 Å². The third kappa shape index (κ3) is 4.89. The first-order valence-electron chi connectivity index (χ1n) is 12.0. The van der Waals surface area contributed by atoms with Crippen molar-refractivity contribution in [2.24, 2.45) is 0 Å². The molecule has 0 aliphatic carbocycles. The molecule has 1 atom stereocenters. The van der Waals surface area contributed by atoms with Crippen molar-refractivity contribution < 1.29 is 23.2 Å². The highest BCUT2D eigenvalue weighted by molar-refractivity contribution is 7.89. The first kappa shape index (κ1) is 25.2. The van der Waals surface area contributed by atoms with E-state index in [4.69, 9.17) is 23.6 Å². The first-order chi connectivity index (χ1) is 18.5. The molecule has 0 saturated carbocycles. The summed E-state index contributed by atoms with van der Waals surface area (Å²) in [5, 5.41) is 8.67. The lowest BCUT2D eigenvalue weighted by molar-refractivity contribution is 0.303. The Kier molecular flexibility index (Phi) is 7.05. The van der Waals surface area contributed by atoms with Gasteiger partial charge < -0.3 is 28.1 Å². The van der Waals surface area contributed by atoms with E-state index >= 15 is 0 Å². The number of rotatable bonds is 9. The summed E-state index contributed by atoms with van der Waals surface area (Å²) in [4.78, 5) is 12.4. The molecular formula is C24H26N6O5S3. The number of hydrogen-bond acceptors (Lipinski definition) is 12. The highest BCUT2D eigenvalue weighted by atomic mass is 32.2. The minimum Gasteiger partial charge on any atom is -0.598 e. The van der Waals surface area contributed by atoms with Crippen LogP contribution in [0, 0.1) is 0 Å². The molecule has 14 heteroatoms. The molecule has 0 N–H and O–H groups in total. The van der Waals surface area contributed by atoms with Crippen LogP contribution in [-0.2, 0) is 18.0 Å². The maximum Gasteiger partial charge on any atom is 0.294 e. The summed E-state index contributed by atoms with van der Waals surface area (Å²) in [5.74, 6) is 2.53. The van der Waals surface area contributed by atoms with E-state index < -0.39 is 11.4 Å². The molecule has 1 aliphatic rings. The second-order valence-corrected chi connectivity index (χ2v) is 12.0. The van der Waals surface area contributed by atoms with Gasteiger partial charge in [-0.1, -0.05) is 0 Å². The van der Waals surface area contributed by atoms with Crippen LogP contribution in [0.4, 0.5) is 5.13 Å². The molecule has 4 aromatic heterocycles. The van der Waals surface area contributed by atoms with Gasteiger partial charge in [0.2, 0.25) is 4.96 Å². The molecule has 5 heterocycles. The van der Waals surface area contributed by atoms with Crippen molar-refractivity contribution in [2.75, 3.05) is 51.1 Å². The molecule has 0 amide bonds. The van der Waals surface area contributed by atoms with E-state index in [1.807, 2.05) is 34.8 Å². The van der Waals surface area contributed by atoms with Crippen LogP contribution in [0.25, 0.3) is 27.4 Å². The summed E-state index contributed by atoms with van der Waals surface area (Å²) in [5.41, 5.74) is 2.15. The molecular weight excluding hydrogens is 549 g/mol. The predicted octanol–water partition coefficient (Wildman–Crippen LogP) is 4.06. The summed E-state index contributed by atoms with van der Waals surface area (Å²) in [6.07, 6.45) is 1.81. The molecule has 38 heavy (non-hydrogen) atoms. The SMILES string of the molecule is CC[S+]([O-])N1CCN(c2nc(COc3cc(OC)cc4oc(-c5cn6nc(OC)sc6n5)cc34)cs2)CC1. The Labute approximate surface area is 229 Å². The first-order valence-corrected chi connectivity index (χ1v) is 15.0. The van der Waals surface area contributed by atoms with Crippen LogP contribution >= 0.6 is 22.7 Å². The van der Waals surface area contributed by atoms with Crippen molar-refractivity contribution in [3.05, 3.63) is 35.5 Å². The number of benzene rings is 1. The molecule has 1 aliphatic heterocycles. The Bertz CT molecular complexity index is 1520. The standard InChI is InChI=1S/C24H26N6O5S3/c1-4-38(31)29-7-5-28(6-8-29)22-25-15(14-36-22)13-34-19-9-16(32-2)10-20-17(19)11-21(35-20)18-12-30-23(26-18)37-24(27-30)33-3/h9-12,14H,4-8,13H2,1-3H3. The molecule has 1 fully saturated rings. The van der Waals surface area contributed by atoms with E-state index in [2.05, 4.69) is 15.0 Å². The van der Waals surface area contributed by atoms with E-state index in [9.17, 15) is 4.55 Å². The number of fused-ring (bicyclic) bond motifs is 2. The number of piperazine rings is 1. The van der Waals surface area contributed by atoms with Crippen molar-refractivity contribution in [2.45, 2.75) is 13.5 Å². The largest absolute Gasteiger partial charge is 0.598 e.